The quantitative estimate of drug-likeness (QED) is 0.825. The number of pyridine rings is 1. The van der Waals surface area contributed by atoms with E-state index >= 15 is 0 Å². The lowest BCUT2D eigenvalue weighted by Crippen LogP contribution is -2.20. The van der Waals surface area contributed by atoms with Gasteiger partial charge in [-0.2, -0.15) is 0 Å². The van der Waals surface area contributed by atoms with Crippen molar-refractivity contribution in [3.63, 3.8) is 0 Å². The molecule has 0 aliphatic carbocycles. The Bertz CT molecular complexity index is 591. The number of aromatic nitrogens is 1. The van der Waals surface area contributed by atoms with Gasteiger partial charge in [0.15, 0.2) is 0 Å². The average Bonchev–Trinajstić information content (AvgIpc) is 2.87. The standard InChI is InChI=1S/C15H17ClN2S.ClH/c1-2-18-6-4-13(10-18)19-15-8-11-3-5-17-9-12(11)7-14(15)16;/h3,5,7-9,13H,2,4,6,10H2,1H3;1H/t13-;/m0./s1. The minimum absolute atomic E-state index is 0. The van der Waals surface area contributed by atoms with Gasteiger partial charge in [-0.1, -0.05) is 18.5 Å². The molecule has 5 heteroatoms. The first kappa shape index (κ1) is 15.9. The highest BCUT2D eigenvalue weighted by molar-refractivity contribution is 8.00. The van der Waals surface area contributed by atoms with E-state index in [1.807, 2.05) is 36.3 Å². The molecule has 2 aromatic rings. The van der Waals surface area contributed by atoms with Crippen LogP contribution in [0.3, 0.4) is 0 Å². The fourth-order valence-electron chi connectivity index (χ4n) is 2.54. The molecular formula is C15H18Cl2N2S. The second kappa shape index (κ2) is 6.99. The van der Waals surface area contributed by atoms with Gasteiger partial charge in [-0.15, -0.1) is 24.2 Å². The number of halogens is 2. The van der Waals surface area contributed by atoms with Crippen LogP contribution in [-0.4, -0.2) is 34.8 Å². The Balaban J connectivity index is 0.00000147. The molecule has 1 fully saturated rings. The maximum atomic E-state index is 6.39. The number of benzene rings is 1. The van der Waals surface area contributed by atoms with Gasteiger partial charge in [0.25, 0.3) is 0 Å². The van der Waals surface area contributed by atoms with Crippen molar-refractivity contribution in [3.8, 4) is 0 Å². The third-order valence-corrected chi connectivity index (χ3v) is 5.40. The van der Waals surface area contributed by atoms with E-state index in [1.165, 1.54) is 29.8 Å². The Labute approximate surface area is 135 Å². The minimum atomic E-state index is 0. The average molecular weight is 329 g/mol. The van der Waals surface area contributed by atoms with Gasteiger partial charge in [-0.05, 0) is 43.1 Å². The zero-order valence-electron chi connectivity index (χ0n) is 11.4. The topological polar surface area (TPSA) is 16.1 Å². The summed E-state index contributed by atoms with van der Waals surface area (Å²) in [7, 11) is 0. The van der Waals surface area contributed by atoms with Crippen molar-refractivity contribution in [2.75, 3.05) is 19.6 Å². The van der Waals surface area contributed by atoms with Crippen LogP contribution in [0.2, 0.25) is 5.02 Å². The van der Waals surface area contributed by atoms with Crippen LogP contribution < -0.4 is 0 Å². The number of hydrogen-bond acceptors (Lipinski definition) is 3. The molecule has 1 aromatic heterocycles. The van der Waals surface area contributed by atoms with Crippen LogP contribution in [-0.2, 0) is 0 Å². The molecule has 1 aromatic carbocycles. The van der Waals surface area contributed by atoms with Gasteiger partial charge in [0, 0.05) is 34.5 Å². The molecule has 0 bridgehead atoms. The van der Waals surface area contributed by atoms with Crippen molar-refractivity contribution in [3.05, 3.63) is 35.6 Å². The number of nitrogens with zero attached hydrogens (tertiary/aromatic N) is 2. The lowest BCUT2D eigenvalue weighted by Gasteiger charge is -2.14. The summed E-state index contributed by atoms with van der Waals surface area (Å²) in [6, 6.07) is 6.26. The molecular weight excluding hydrogens is 311 g/mol. The summed E-state index contributed by atoms with van der Waals surface area (Å²) in [5.74, 6) is 0. The Morgan fingerprint density at radius 3 is 3.00 bits per heavy atom. The van der Waals surface area contributed by atoms with E-state index in [4.69, 9.17) is 11.6 Å². The van der Waals surface area contributed by atoms with Crippen LogP contribution in [0.4, 0.5) is 0 Å². The van der Waals surface area contributed by atoms with Crippen molar-refractivity contribution >= 4 is 46.5 Å². The van der Waals surface area contributed by atoms with Crippen molar-refractivity contribution in [2.24, 2.45) is 0 Å². The molecule has 2 nitrogen and oxygen atoms in total. The molecule has 0 radical (unpaired) electrons. The SMILES string of the molecule is CCN1CC[C@H](Sc2cc3ccncc3cc2Cl)C1.Cl. The van der Waals surface area contributed by atoms with Gasteiger partial charge in [-0.25, -0.2) is 0 Å². The largest absolute Gasteiger partial charge is 0.302 e. The highest BCUT2D eigenvalue weighted by atomic mass is 35.5. The van der Waals surface area contributed by atoms with Gasteiger partial charge in [0.05, 0.1) is 5.02 Å². The summed E-state index contributed by atoms with van der Waals surface area (Å²) in [5.41, 5.74) is 0. The predicted molar refractivity (Wildman–Crippen MR) is 90.4 cm³/mol. The third-order valence-electron chi connectivity index (χ3n) is 3.66. The first-order valence-corrected chi connectivity index (χ1v) is 7.94. The number of thioether (sulfide) groups is 1. The van der Waals surface area contributed by atoms with E-state index < -0.39 is 0 Å². The van der Waals surface area contributed by atoms with Gasteiger partial charge >= 0.3 is 0 Å². The van der Waals surface area contributed by atoms with Crippen molar-refractivity contribution in [2.45, 2.75) is 23.5 Å². The second-order valence-corrected chi connectivity index (χ2v) is 6.68. The number of likely N-dealkylation sites (tertiary alicyclic amines) is 1. The van der Waals surface area contributed by atoms with E-state index in [-0.39, 0.29) is 12.4 Å². The lowest BCUT2D eigenvalue weighted by molar-refractivity contribution is 0.360. The molecule has 0 amide bonds. The van der Waals surface area contributed by atoms with E-state index in [9.17, 15) is 0 Å². The van der Waals surface area contributed by atoms with Gasteiger partial charge in [0.2, 0.25) is 0 Å². The monoisotopic (exact) mass is 328 g/mol. The maximum Gasteiger partial charge on any atom is 0.0548 e. The Morgan fingerprint density at radius 1 is 1.40 bits per heavy atom. The molecule has 3 rings (SSSR count). The predicted octanol–water partition coefficient (Wildman–Crippen LogP) is 4.50. The molecule has 20 heavy (non-hydrogen) atoms. The van der Waals surface area contributed by atoms with Crippen molar-refractivity contribution in [1.29, 1.82) is 0 Å². The van der Waals surface area contributed by atoms with E-state index in [0.717, 1.165) is 17.0 Å². The molecule has 0 N–H and O–H groups in total. The number of rotatable bonds is 3. The Hall–Kier alpha value is -0.480. The molecule has 1 atom stereocenters. The fraction of sp³-hybridized carbons (Fsp3) is 0.400. The molecule has 0 spiro atoms. The second-order valence-electron chi connectivity index (χ2n) is 4.93. The van der Waals surface area contributed by atoms with E-state index in [0.29, 0.717) is 5.25 Å². The molecule has 1 aliphatic heterocycles. The highest BCUT2D eigenvalue weighted by Crippen LogP contribution is 2.36. The molecule has 2 heterocycles. The van der Waals surface area contributed by atoms with Crippen LogP contribution in [0.25, 0.3) is 10.8 Å². The first-order valence-electron chi connectivity index (χ1n) is 6.68. The Morgan fingerprint density at radius 2 is 2.25 bits per heavy atom. The lowest BCUT2D eigenvalue weighted by atomic mass is 10.2. The number of fused-ring (bicyclic) bond motifs is 1. The molecule has 1 saturated heterocycles. The minimum Gasteiger partial charge on any atom is -0.302 e. The summed E-state index contributed by atoms with van der Waals surface area (Å²) < 4.78 is 0. The zero-order chi connectivity index (χ0) is 13.2. The third kappa shape index (κ3) is 3.40. The first-order chi connectivity index (χ1) is 9.26. The van der Waals surface area contributed by atoms with Gasteiger partial charge < -0.3 is 4.90 Å². The van der Waals surface area contributed by atoms with E-state index in [2.05, 4.69) is 22.9 Å². The van der Waals surface area contributed by atoms with Gasteiger partial charge in [0.1, 0.15) is 0 Å². The van der Waals surface area contributed by atoms with Crippen molar-refractivity contribution in [1.82, 2.24) is 9.88 Å². The summed E-state index contributed by atoms with van der Waals surface area (Å²) in [5, 5.41) is 3.84. The normalized spacial score (nSPS) is 19.2. The summed E-state index contributed by atoms with van der Waals surface area (Å²) in [6.07, 6.45) is 4.95. The summed E-state index contributed by atoms with van der Waals surface area (Å²) in [4.78, 5) is 7.83. The Kier molecular flexibility index (Phi) is 5.56. The van der Waals surface area contributed by atoms with Crippen LogP contribution in [0.1, 0.15) is 13.3 Å². The zero-order valence-corrected chi connectivity index (χ0v) is 13.8. The molecule has 0 saturated carbocycles. The summed E-state index contributed by atoms with van der Waals surface area (Å²) >= 11 is 8.31. The molecule has 0 unspecified atom stereocenters. The van der Waals surface area contributed by atoms with Crippen molar-refractivity contribution < 1.29 is 0 Å². The highest BCUT2D eigenvalue weighted by Gasteiger charge is 2.22. The molecule has 1 aliphatic rings. The molecule has 108 valence electrons. The van der Waals surface area contributed by atoms with Crippen LogP contribution in [0, 0.1) is 0 Å². The van der Waals surface area contributed by atoms with Crippen LogP contribution in [0.15, 0.2) is 35.5 Å². The van der Waals surface area contributed by atoms with Crippen LogP contribution >= 0.6 is 35.8 Å². The number of hydrogen-bond donors (Lipinski definition) is 0. The van der Waals surface area contributed by atoms with Gasteiger partial charge in [-0.3, -0.25) is 4.98 Å². The smallest absolute Gasteiger partial charge is 0.0548 e. The summed E-state index contributed by atoms with van der Waals surface area (Å²) in [6.45, 7) is 5.76. The maximum absolute atomic E-state index is 6.39. The van der Waals surface area contributed by atoms with Crippen LogP contribution in [0.5, 0.6) is 0 Å². The van der Waals surface area contributed by atoms with E-state index in [1.54, 1.807) is 0 Å². The fourth-order valence-corrected chi connectivity index (χ4v) is 4.08.